The van der Waals surface area contributed by atoms with E-state index >= 15 is 0 Å². The molecule has 0 fully saturated rings. The number of benzene rings is 1. The van der Waals surface area contributed by atoms with Gasteiger partial charge in [0.05, 0.1) is 16.8 Å². The van der Waals surface area contributed by atoms with E-state index in [1.54, 1.807) is 0 Å². The normalized spacial score (nSPS) is 11.2. The zero-order chi connectivity index (χ0) is 23.8. The lowest BCUT2D eigenvalue weighted by Crippen LogP contribution is -2.41. The van der Waals surface area contributed by atoms with E-state index in [2.05, 4.69) is 10.3 Å². The fourth-order valence-electron chi connectivity index (χ4n) is 2.31. The lowest BCUT2D eigenvalue weighted by molar-refractivity contribution is -0.384. The van der Waals surface area contributed by atoms with E-state index in [1.165, 1.54) is 12.1 Å². The number of carboxylic acids is 2. The Kier molecular flexibility index (Phi) is 7.70. The molecule has 0 aliphatic heterocycles. The monoisotopic (exact) mass is 450 g/mol. The number of carbonyl (C=O) groups excluding carboxylic acids is 2. The van der Waals surface area contributed by atoms with Gasteiger partial charge >= 0.3 is 18.0 Å². The second-order valence-corrected chi connectivity index (χ2v) is 6.12. The van der Waals surface area contributed by atoms with Gasteiger partial charge in [-0.15, -0.1) is 0 Å². The van der Waals surface area contributed by atoms with E-state index in [9.17, 15) is 33.7 Å². The molecule has 0 saturated heterocycles. The summed E-state index contributed by atoms with van der Waals surface area (Å²) in [7, 11) is 0. The molecule has 14 heteroatoms. The van der Waals surface area contributed by atoms with Crippen molar-refractivity contribution >= 4 is 35.3 Å². The molecule has 0 spiro atoms. The predicted octanol–water partition coefficient (Wildman–Crippen LogP) is 1.79. The van der Waals surface area contributed by atoms with Crippen LogP contribution in [0.2, 0.25) is 0 Å². The molecule has 1 aromatic heterocycles. The van der Waals surface area contributed by atoms with Crippen LogP contribution in [0.5, 0.6) is 5.75 Å². The van der Waals surface area contributed by atoms with E-state index in [0.29, 0.717) is 0 Å². The second-order valence-electron chi connectivity index (χ2n) is 6.12. The first-order chi connectivity index (χ1) is 15.1. The number of nitro groups is 1. The molecule has 0 bridgehead atoms. The number of aromatic nitrogens is 1. The van der Waals surface area contributed by atoms with Crippen molar-refractivity contribution in [3.05, 3.63) is 58.2 Å². The number of ether oxygens (including phenoxy) is 1. The first kappa shape index (κ1) is 23.7. The first-order valence-electron chi connectivity index (χ1n) is 8.71. The Bertz CT molecular complexity index is 1060. The molecule has 32 heavy (non-hydrogen) atoms. The number of hydrogen-bond donors (Lipinski definition) is 4. The lowest BCUT2D eigenvalue weighted by atomic mass is 10.1. The summed E-state index contributed by atoms with van der Waals surface area (Å²) in [6.45, 7) is 0. The van der Waals surface area contributed by atoms with E-state index in [4.69, 9.17) is 14.9 Å². The number of non-ortho nitro benzene ring substituents is 1. The van der Waals surface area contributed by atoms with Crippen molar-refractivity contribution in [3.8, 4) is 5.75 Å². The van der Waals surface area contributed by atoms with Crippen molar-refractivity contribution in [2.24, 2.45) is 0 Å². The van der Waals surface area contributed by atoms with Crippen LogP contribution in [-0.4, -0.2) is 50.1 Å². The first-order valence-corrected chi connectivity index (χ1v) is 8.71. The number of carboxylic acid groups (broad SMARTS) is 2. The molecule has 0 aliphatic carbocycles. The zero-order valence-electron chi connectivity index (χ0n) is 16.0. The third-order valence-corrected chi connectivity index (χ3v) is 3.81. The molecule has 0 radical (unpaired) electrons. The summed E-state index contributed by atoms with van der Waals surface area (Å²) in [5.74, 6) is -5.20. The van der Waals surface area contributed by atoms with Crippen LogP contribution in [0.25, 0.3) is 0 Å². The van der Waals surface area contributed by atoms with Crippen LogP contribution < -0.4 is 15.4 Å². The van der Waals surface area contributed by atoms with Crippen molar-refractivity contribution in [3.63, 3.8) is 0 Å². The molecule has 2 amide bonds. The summed E-state index contributed by atoms with van der Waals surface area (Å²) in [6.07, 6.45) is -1.13. The Balaban J connectivity index is 2.01. The van der Waals surface area contributed by atoms with Gasteiger partial charge < -0.3 is 20.3 Å². The molecular weight excluding hydrogens is 435 g/mol. The Morgan fingerprint density at radius 3 is 2.38 bits per heavy atom. The van der Waals surface area contributed by atoms with Crippen molar-refractivity contribution < 1.29 is 43.4 Å². The number of halogens is 1. The highest BCUT2D eigenvalue weighted by molar-refractivity contribution is 5.96. The molecule has 4 N–H and O–H groups in total. The van der Waals surface area contributed by atoms with Gasteiger partial charge in [-0.05, 0) is 18.6 Å². The van der Waals surface area contributed by atoms with E-state index in [-0.39, 0.29) is 17.1 Å². The molecule has 1 atom stereocenters. The molecule has 1 heterocycles. The fraction of sp³-hybridized carbons (Fsp3) is 0.167. The van der Waals surface area contributed by atoms with Crippen molar-refractivity contribution in [2.75, 3.05) is 5.32 Å². The molecular formula is C18H15FN4O9. The van der Waals surface area contributed by atoms with Crippen LogP contribution in [0, 0.1) is 15.9 Å². The van der Waals surface area contributed by atoms with Crippen LogP contribution in [0.3, 0.4) is 0 Å². The number of aliphatic carboxylic acids is 2. The van der Waals surface area contributed by atoms with E-state index in [0.717, 1.165) is 24.4 Å². The summed E-state index contributed by atoms with van der Waals surface area (Å²) in [5.41, 5.74) is -1.20. The average molecular weight is 450 g/mol. The Labute approximate surface area is 178 Å². The van der Waals surface area contributed by atoms with Gasteiger partial charge in [-0.3, -0.25) is 25.0 Å². The standard InChI is InChI=1S/C18H15FN4O9/c19-12-7-9(21-18(29)32-11-3-1-10(2-4-11)23(30)31)8-20-15(12)16(26)22-13(17(27)28)5-6-14(24)25/h1-4,7-8,13H,5-6H2,(H,21,29)(H,22,26)(H,24,25)(H,27,28). The van der Waals surface area contributed by atoms with Crippen molar-refractivity contribution in [1.82, 2.24) is 10.3 Å². The van der Waals surface area contributed by atoms with Gasteiger partial charge in [0.2, 0.25) is 0 Å². The maximum Gasteiger partial charge on any atom is 0.417 e. The number of carbonyl (C=O) groups is 4. The highest BCUT2D eigenvalue weighted by Crippen LogP contribution is 2.18. The molecule has 0 aliphatic rings. The van der Waals surface area contributed by atoms with Crippen molar-refractivity contribution in [2.45, 2.75) is 18.9 Å². The summed E-state index contributed by atoms with van der Waals surface area (Å²) >= 11 is 0. The topological polar surface area (TPSA) is 198 Å². The Morgan fingerprint density at radius 2 is 1.84 bits per heavy atom. The average Bonchev–Trinajstić information content (AvgIpc) is 2.70. The zero-order valence-corrected chi connectivity index (χ0v) is 16.0. The highest BCUT2D eigenvalue weighted by Gasteiger charge is 2.24. The van der Waals surface area contributed by atoms with Crippen LogP contribution in [-0.2, 0) is 9.59 Å². The van der Waals surface area contributed by atoms with Gasteiger partial charge in [0.1, 0.15) is 11.8 Å². The predicted molar refractivity (Wildman–Crippen MR) is 103 cm³/mol. The summed E-state index contributed by atoms with van der Waals surface area (Å²) in [5, 5.41) is 32.4. The van der Waals surface area contributed by atoms with Crippen LogP contribution in [0.1, 0.15) is 23.3 Å². The van der Waals surface area contributed by atoms with Gasteiger partial charge in [-0.2, -0.15) is 0 Å². The number of pyridine rings is 1. The Hall–Kier alpha value is -4.62. The maximum atomic E-state index is 14.2. The number of nitrogens with one attached hydrogen (secondary N) is 2. The highest BCUT2D eigenvalue weighted by atomic mass is 19.1. The molecule has 13 nitrogen and oxygen atoms in total. The molecule has 0 saturated carbocycles. The minimum Gasteiger partial charge on any atom is -0.481 e. The minimum absolute atomic E-state index is 0.0291. The van der Waals surface area contributed by atoms with E-state index in [1.807, 2.05) is 5.32 Å². The van der Waals surface area contributed by atoms with Gasteiger partial charge in [0.25, 0.3) is 11.6 Å². The molecule has 2 rings (SSSR count). The minimum atomic E-state index is -1.57. The number of nitro benzene ring substituents is 1. The van der Waals surface area contributed by atoms with Crippen LogP contribution in [0.4, 0.5) is 20.6 Å². The van der Waals surface area contributed by atoms with Gasteiger partial charge in [-0.1, -0.05) is 0 Å². The molecule has 2 aromatic rings. The van der Waals surface area contributed by atoms with Crippen LogP contribution in [0.15, 0.2) is 36.5 Å². The molecule has 168 valence electrons. The number of hydrogen-bond acceptors (Lipinski definition) is 8. The SMILES string of the molecule is O=C(O)CCC(NC(=O)c1ncc(NC(=O)Oc2ccc([N+](=O)[O-])cc2)cc1F)C(=O)O. The quantitative estimate of drug-likeness (QED) is 0.322. The number of anilines is 1. The third-order valence-electron chi connectivity index (χ3n) is 3.81. The Morgan fingerprint density at radius 1 is 1.19 bits per heavy atom. The van der Waals surface area contributed by atoms with Gasteiger partial charge in [0.15, 0.2) is 11.5 Å². The number of rotatable bonds is 9. The summed E-state index contributed by atoms with van der Waals surface area (Å²) in [4.78, 5) is 59.1. The summed E-state index contributed by atoms with van der Waals surface area (Å²) < 4.78 is 19.1. The summed E-state index contributed by atoms with van der Waals surface area (Å²) in [6, 6.07) is 3.72. The molecule has 1 aromatic carbocycles. The largest absolute Gasteiger partial charge is 0.481 e. The van der Waals surface area contributed by atoms with E-state index < -0.39 is 59.3 Å². The van der Waals surface area contributed by atoms with Gasteiger partial charge in [0, 0.05) is 24.6 Å². The molecule has 1 unspecified atom stereocenters. The van der Waals surface area contributed by atoms with Crippen molar-refractivity contribution in [1.29, 1.82) is 0 Å². The third kappa shape index (κ3) is 6.72. The van der Waals surface area contributed by atoms with Gasteiger partial charge in [-0.25, -0.2) is 19.0 Å². The fourth-order valence-corrected chi connectivity index (χ4v) is 2.31. The maximum absolute atomic E-state index is 14.2. The number of nitrogens with zero attached hydrogens (tertiary/aromatic N) is 2. The smallest absolute Gasteiger partial charge is 0.417 e. The van der Waals surface area contributed by atoms with Crippen LogP contribution >= 0.6 is 0 Å². The lowest BCUT2D eigenvalue weighted by Gasteiger charge is -2.13. The second kappa shape index (κ2) is 10.4. The number of amides is 2.